The predicted octanol–water partition coefficient (Wildman–Crippen LogP) is 2.71. The average molecular weight is 288 g/mol. The van der Waals surface area contributed by atoms with E-state index in [0.717, 1.165) is 36.3 Å². The first-order valence-electron chi connectivity index (χ1n) is 7.48. The third-order valence-electron chi connectivity index (χ3n) is 4.48. The van der Waals surface area contributed by atoms with E-state index < -0.39 is 18.0 Å². The van der Waals surface area contributed by atoms with Crippen LogP contribution in [0.5, 0.6) is 5.75 Å². The molecule has 0 radical (unpaired) electrons. The highest BCUT2D eigenvalue weighted by Gasteiger charge is 2.34. The average Bonchev–Trinajstić information content (AvgIpc) is 2.53. The SMILES string of the molecule is O=C(O)C1CC=CCC1C(O)c1ccc2c(c1)CCCO2. The molecule has 0 spiro atoms. The Bertz CT molecular complexity index is 564. The molecule has 4 heteroatoms. The highest BCUT2D eigenvalue weighted by atomic mass is 16.5. The number of carboxylic acids is 1. The Labute approximate surface area is 124 Å². The van der Waals surface area contributed by atoms with Crippen molar-refractivity contribution < 1.29 is 19.7 Å². The van der Waals surface area contributed by atoms with Crippen molar-refractivity contribution in [1.29, 1.82) is 0 Å². The van der Waals surface area contributed by atoms with Gasteiger partial charge < -0.3 is 14.9 Å². The second-order valence-corrected chi connectivity index (χ2v) is 5.82. The molecule has 1 aliphatic carbocycles. The standard InChI is InChI=1S/C17H20O4/c18-16(13-5-1-2-6-14(13)17(19)20)12-7-8-15-11(10-12)4-3-9-21-15/h1-2,7-8,10,13-14,16,18H,3-6,9H2,(H,19,20). The van der Waals surface area contributed by atoms with Crippen LogP contribution >= 0.6 is 0 Å². The molecule has 0 saturated carbocycles. The monoisotopic (exact) mass is 288 g/mol. The van der Waals surface area contributed by atoms with Crippen LogP contribution in [-0.4, -0.2) is 22.8 Å². The minimum Gasteiger partial charge on any atom is -0.493 e. The van der Waals surface area contributed by atoms with Crippen LogP contribution in [0.1, 0.15) is 36.5 Å². The number of aliphatic hydroxyl groups is 1. The van der Waals surface area contributed by atoms with E-state index in [1.54, 1.807) is 0 Å². The zero-order chi connectivity index (χ0) is 14.8. The van der Waals surface area contributed by atoms with Crippen LogP contribution in [0, 0.1) is 11.8 Å². The largest absolute Gasteiger partial charge is 0.493 e. The Morgan fingerprint density at radius 2 is 2.10 bits per heavy atom. The van der Waals surface area contributed by atoms with E-state index in [0.29, 0.717) is 12.8 Å². The van der Waals surface area contributed by atoms with Gasteiger partial charge in [-0.15, -0.1) is 0 Å². The molecule has 1 aromatic rings. The number of aliphatic hydroxyl groups excluding tert-OH is 1. The highest BCUT2D eigenvalue weighted by molar-refractivity contribution is 5.71. The van der Waals surface area contributed by atoms with Gasteiger partial charge in [-0.3, -0.25) is 4.79 Å². The number of hydrogen-bond acceptors (Lipinski definition) is 3. The Hall–Kier alpha value is -1.81. The molecule has 3 unspecified atom stereocenters. The Morgan fingerprint density at radius 3 is 2.90 bits per heavy atom. The lowest BCUT2D eigenvalue weighted by Crippen LogP contribution is -2.29. The molecule has 0 aromatic heterocycles. The summed E-state index contributed by atoms with van der Waals surface area (Å²) in [7, 11) is 0. The molecule has 3 atom stereocenters. The van der Waals surface area contributed by atoms with Crippen molar-refractivity contribution in [2.75, 3.05) is 6.61 Å². The summed E-state index contributed by atoms with van der Waals surface area (Å²) in [5, 5.41) is 20.0. The topological polar surface area (TPSA) is 66.8 Å². The summed E-state index contributed by atoms with van der Waals surface area (Å²) in [5.41, 5.74) is 1.90. The van der Waals surface area contributed by atoms with Gasteiger partial charge in [0.05, 0.1) is 18.6 Å². The number of fused-ring (bicyclic) bond motifs is 1. The van der Waals surface area contributed by atoms with Crippen LogP contribution in [0.25, 0.3) is 0 Å². The molecule has 4 nitrogen and oxygen atoms in total. The van der Waals surface area contributed by atoms with Gasteiger partial charge in [0.1, 0.15) is 5.75 Å². The van der Waals surface area contributed by atoms with E-state index in [1.165, 1.54) is 0 Å². The van der Waals surface area contributed by atoms with Gasteiger partial charge in [-0.2, -0.15) is 0 Å². The molecule has 1 aliphatic heterocycles. The van der Waals surface area contributed by atoms with Gasteiger partial charge in [0, 0.05) is 5.92 Å². The van der Waals surface area contributed by atoms with Gasteiger partial charge in [-0.05, 0) is 48.9 Å². The molecule has 3 rings (SSSR count). The van der Waals surface area contributed by atoms with Gasteiger partial charge in [0.2, 0.25) is 0 Å². The number of rotatable bonds is 3. The molecule has 21 heavy (non-hydrogen) atoms. The van der Waals surface area contributed by atoms with E-state index in [9.17, 15) is 15.0 Å². The van der Waals surface area contributed by atoms with Crippen molar-refractivity contribution in [3.8, 4) is 5.75 Å². The van der Waals surface area contributed by atoms with Crippen LogP contribution < -0.4 is 4.74 Å². The van der Waals surface area contributed by atoms with E-state index in [-0.39, 0.29) is 5.92 Å². The summed E-state index contributed by atoms with van der Waals surface area (Å²) >= 11 is 0. The summed E-state index contributed by atoms with van der Waals surface area (Å²) in [6.07, 6.45) is 6.14. The molecule has 1 aromatic carbocycles. The predicted molar refractivity (Wildman–Crippen MR) is 78.2 cm³/mol. The Kier molecular flexibility index (Phi) is 3.97. The maximum atomic E-state index is 11.4. The number of ether oxygens (including phenoxy) is 1. The lowest BCUT2D eigenvalue weighted by atomic mass is 9.77. The fourth-order valence-corrected chi connectivity index (χ4v) is 3.28. The summed E-state index contributed by atoms with van der Waals surface area (Å²) in [4.78, 5) is 11.4. The summed E-state index contributed by atoms with van der Waals surface area (Å²) in [6.45, 7) is 0.739. The molecule has 2 aliphatic rings. The Balaban J connectivity index is 1.85. The van der Waals surface area contributed by atoms with Crippen molar-refractivity contribution >= 4 is 5.97 Å². The quantitative estimate of drug-likeness (QED) is 0.839. The second kappa shape index (κ2) is 5.90. The number of benzene rings is 1. The fraction of sp³-hybridized carbons (Fsp3) is 0.471. The van der Waals surface area contributed by atoms with E-state index in [2.05, 4.69) is 0 Å². The third-order valence-corrected chi connectivity index (χ3v) is 4.48. The number of hydrogen-bond donors (Lipinski definition) is 2. The smallest absolute Gasteiger partial charge is 0.307 e. The third kappa shape index (κ3) is 2.81. The zero-order valence-corrected chi connectivity index (χ0v) is 11.9. The van der Waals surface area contributed by atoms with Gasteiger partial charge in [-0.25, -0.2) is 0 Å². The number of carboxylic acid groups (broad SMARTS) is 1. The summed E-state index contributed by atoms with van der Waals surface area (Å²) < 4.78 is 5.58. The first-order valence-corrected chi connectivity index (χ1v) is 7.48. The summed E-state index contributed by atoms with van der Waals surface area (Å²) in [6, 6.07) is 5.71. The number of carbonyl (C=O) groups is 1. The number of allylic oxidation sites excluding steroid dienone is 2. The first kappa shape index (κ1) is 14.1. The van der Waals surface area contributed by atoms with E-state index in [4.69, 9.17) is 4.74 Å². The highest BCUT2D eigenvalue weighted by Crippen LogP contribution is 2.38. The Morgan fingerprint density at radius 1 is 1.29 bits per heavy atom. The zero-order valence-electron chi connectivity index (χ0n) is 11.9. The van der Waals surface area contributed by atoms with Crippen molar-refractivity contribution in [2.45, 2.75) is 31.8 Å². The molecule has 1 heterocycles. The molecule has 112 valence electrons. The molecule has 0 fully saturated rings. The van der Waals surface area contributed by atoms with Crippen LogP contribution in [0.3, 0.4) is 0 Å². The number of aryl methyl sites for hydroxylation is 1. The van der Waals surface area contributed by atoms with Gasteiger partial charge in [-0.1, -0.05) is 18.2 Å². The van der Waals surface area contributed by atoms with Crippen LogP contribution in [0.15, 0.2) is 30.4 Å². The van der Waals surface area contributed by atoms with Crippen molar-refractivity contribution in [3.63, 3.8) is 0 Å². The molecule has 0 bridgehead atoms. The molecular formula is C17H20O4. The lowest BCUT2D eigenvalue weighted by Gasteiger charge is -2.30. The van der Waals surface area contributed by atoms with Crippen molar-refractivity contribution in [2.24, 2.45) is 11.8 Å². The maximum Gasteiger partial charge on any atom is 0.307 e. The normalized spacial score (nSPS) is 25.8. The van der Waals surface area contributed by atoms with Crippen LogP contribution in [0.4, 0.5) is 0 Å². The van der Waals surface area contributed by atoms with Gasteiger partial charge in [0.25, 0.3) is 0 Å². The molecule has 0 amide bonds. The van der Waals surface area contributed by atoms with Gasteiger partial charge in [0.15, 0.2) is 0 Å². The lowest BCUT2D eigenvalue weighted by molar-refractivity contribution is -0.145. The van der Waals surface area contributed by atoms with Crippen molar-refractivity contribution in [3.05, 3.63) is 41.5 Å². The minimum atomic E-state index is -0.829. The minimum absolute atomic E-state index is 0.268. The van der Waals surface area contributed by atoms with Gasteiger partial charge >= 0.3 is 5.97 Å². The van der Waals surface area contributed by atoms with Crippen LogP contribution in [-0.2, 0) is 11.2 Å². The maximum absolute atomic E-state index is 11.4. The molecular weight excluding hydrogens is 268 g/mol. The first-order chi connectivity index (χ1) is 10.2. The molecule has 0 saturated heterocycles. The fourth-order valence-electron chi connectivity index (χ4n) is 3.28. The second-order valence-electron chi connectivity index (χ2n) is 5.82. The van der Waals surface area contributed by atoms with Crippen molar-refractivity contribution in [1.82, 2.24) is 0 Å². The summed E-state index contributed by atoms with van der Waals surface area (Å²) in [5.74, 6) is -0.729. The molecule has 2 N–H and O–H groups in total. The number of aliphatic carboxylic acids is 1. The van der Waals surface area contributed by atoms with Crippen LogP contribution in [0.2, 0.25) is 0 Å². The van der Waals surface area contributed by atoms with E-state index >= 15 is 0 Å². The van der Waals surface area contributed by atoms with E-state index in [1.807, 2.05) is 30.4 Å².